The highest BCUT2D eigenvalue weighted by Crippen LogP contribution is 2.18. The summed E-state index contributed by atoms with van der Waals surface area (Å²) in [4.78, 5) is 36.2. The number of hydrogen-bond acceptors (Lipinski definition) is 3. The van der Waals surface area contributed by atoms with E-state index in [0.717, 1.165) is 12.8 Å². The summed E-state index contributed by atoms with van der Waals surface area (Å²) < 4.78 is 0. The Morgan fingerprint density at radius 3 is 2.45 bits per heavy atom. The van der Waals surface area contributed by atoms with E-state index in [2.05, 4.69) is 5.32 Å². The number of hydrogen-bond donors (Lipinski definition) is 2. The molecule has 0 saturated carbocycles. The summed E-state index contributed by atoms with van der Waals surface area (Å²) >= 11 is 0. The van der Waals surface area contributed by atoms with Crippen LogP contribution in [0.25, 0.3) is 0 Å². The van der Waals surface area contributed by atoms with Crippen LogP contribution in [0.2, 0.25) is 0 Å². The van der Waals surface area contributed by atoms with Crippen LogP contribution in [-0.2, 0) is 14.4 Å². The molecule has 0 aromatic rings. The third kappa shape index (κ3) is 5.19. The van der Waals surface area contributed by atoms with E-state index in [9.17, 15) is 14.4 Å². The summed E-state index contributed by atoms with van der Waals surface area (Å²) in [6.07, 6.45) is 2.45. The summed E-state index contributed by atoms with van der Waals surface area (Å²) in [5, 5.41) is 11.7. The SMILES string of the molecule is CC(C)(C)CC(=O)NCC(=O)N1CCCC[C@@H]1C(=O)O. The Balaban J connectivity index is 2.49. The zero-order chi connectivity index (χ0) is 15.3. The number of carbonyl (C=O) groups is 3. The minimum absolute atomic E-state index is 0.126. The van der Waals surface area contributed by atoms with Crippen molar-refractivity contribution in [2.45, 2.75) is 52.5 Å². The number of carboxylic acids is 1. The Morgan fingerprint density at radius 1 is 1.25 bits per heavy atom. The van der Waals surface area contributed by atoms with Crippen molar-refractivity contribution in [2.75, 3.05) is 13.1 Å². The van der Waals surface area contributed by atoms with Crippen LogP contribution in [0.4, 0.5) is 0 Å². The zero-order valence-electron chi connectivity index (χ0n) is 12.4. The zero-order valence-corrected chi connectivity index (χ0v) is 12.4. The highest BCUT2D eigenvalue weighted by molar-refractivity contribution is 5.88. The molecule has 0 unspecified atom stereocenters. The molecule has 2 amide bonds. The number of rotatable bonds is 4. The molecule has 0 aromatic heterocycles. The van der Waals surface area contributed by atoms with Gasteiger partial charge >= 0.3 is 5.97 Å². The standard InChI is InChI=1S/C14H24N2O4/c1-14(2,3)8-11(17)15-9-12(18)16-7-5-4-6-10(16)13(19)20/h10H,4-9H2,1-3H3,(H,15,17)(H,19,20)/t10-/m1/s1. The van der Waals surface area contributed by atoms with Crippen molar-refractivity contribution < 1.29 is 19.5 Å². The molecular weight excluding hydrogens is 260 g/mol. The molecule has 114 valence electrons. The third-order valence-electron chi connectivity index (χ3n) is 3.24. The van der Waals surface area contributed by atoms with Crippen LogP contribution in [0.3, 0.4) is 0 Å². The molecule has 1 aliphatic rings. The molecule has 2 N–H and O–H groups in total. The second kappa shape index (κ2) is 6.72. The van der Waals surface area contributed by atoms with Crippen molar-refractivity contribution in [3.63, 3.8) is 0 Å². The van der Waals surface area contributed by atoms with Gasteiger partial charge in [-0.2, -0.15) is 0 Å². The topological polar surface area (TPSA) is 86.7 Å². The lowest BCUT2D eigenvalue weighted by Crippen LogP contribution is -2.51. The van der Waals surface area contributed by atoms with Gasteiger partial charge in [-0.1, -0.05) is 20.8 Å². The molecular formula is C14H24N2O4. The molecule has 0 aliphatic carbocycles. The Hall–Kier alpha value is -1.59. The van der Waals surface area contributed by atoms with E-state index in [4.69, 9.17) is 5.11 Å². The molecule has 0 bridgehead atoms. The molecule has 1 heterocycles. The first-order valence-electron chi connectivity index (χ1n) is 7.00. The molecule has 1 aliphatic heterocycles. The van der Waals surface area contributed by atoms with Gasteiger partial charge in [-0.15, -0.1) is 0 Å². The maximum Gasteiger partial charge on any atom is 0.326 e. The molecule has 1 saturated heterocycles. The monoisotopic (exact) mass is 284 g/mol. The molecule has 1 atom stereocenters. The molecule has 20 heavy (non-hydrogen) atoms. The lowest BCUT2D eigenvalue weighted by atomic mass is 9.92. The van der Waals surface area contributed by atoms with Gasteiger partial charge in [0, 0.05) is 13.0 Å². The van der Waals surface area contributed by atoms with Crippen LogP contribution in [0.15, 0.2) is 0 Å². The number of carboxylic acid groups (broad SMARTS) is 1. The number of aliphatic carboxylic acids is 1. The van der Waals surface area contributed by atoms with E-state index < -0.39 is 12.0 Å². The minimum atomic E-state index is -0.973. The van der Waals surface area contributed by atoms with Crippen molar-refractivity contribution >= 4 is 17.8 Å². The van der Waals surface area contributed by atoms with E-state index in [1.54, 1.807) is 0 Å². The Labute approximate surface area is 119 Å². The minimum Gasteiger partial charge on any atom is -0.480 e. The molecule has 0 radical (unpaired) electrons. The van der Waals surface area contributed by atoms with E-state index in [1.165, 1.54) is 4.90 Å². The summed E-state index contributed by atoms with van der Waals surface area (Å²) in [6, 6.07) is -0.754. The summed E-state index contributed by atoms with van der Waals surface area (Å²) in [7, 11) is 0. The fourth-order valence-corrected chi connectivity index (χ4v) is 2.31. The maximum atomic E-state index is 12.0. The van der Waals surface area contributed by atoms with Gasteiger partial charge in [-0.05, 0) is 24.7 Å². The summed E-state index contributed by atoms with van der Waals surface area (Å²) in [5.74, 6) is -1.48. The third-order valence-corrected chi connectivity index (χ3v) is 3.24. The smallest absolute Gasteiger partial charge is 0.326 e. The van der Waals surface area contributed by atoms with Gasteiger partial charge < -0.3 is 15.3 Å². The first kappa shape index (κ1) is 16.5. The highest BCUT2D eigenvalue weighted by Gasteiger charge is 2.31. The van der Waals surface area contributed by atoms with E-state index in [0.29, 0.717) is 19.4 Å². The number of nitrogens with one attached hydrogen (secondary N) is 1. The number of amides is 2. The number of nitrogens with zero attached hydrogens (tertiary/aromatic N) is 1. The van der Waals surface area contributed by atoms with Crippen molar-refractivity contribution in [1.29, 1.82) is 0 Å². The van der Waals surface area contributed by atoms with Gasteiger partial charge in [0.15, 0.2) is 0 Å². The van der Waals surface area contributed by atoms with E-state index >= 15 is 0 Å². The first-order chi connectivity index (χ1) is 9.20. The lowest BCUT2D eigenvalue weighted by molar-refractivity contribution is -0.151. The second-order valence-electron chi connectivity index (χ2n) is 6.45. The van der Waals surface area contributed by atoms with Crippen molar-refractivity contribution in [1.82, 2.24) is 10.2 Å². The van der Waals surface area contributed by atoms with Gasteiger partial charge in [0.1, 0.15) is 6.04 Å². The van der Waals surface area contributed by atoms with Crippen LogP contribution in [0.1, 0.15) is 46.5 Å². The molecule has 1 fully saturated rings. The molecule has 1 rings (SSSR count). The molecule has 0 aromatic carbocycles. The van der Waals surface area contributed by atoms with Crippen LogP contribution in [0, 0.1) is 5.41 Å². The molecule has 0 spiro atoms. The van der Waals surface area contributed by atoms with Crippen LogP contribution in [-0.4, -0.2) is 46.9 Å². The van der Waals surface area contributed by atoms with Crippen molar-refractivity contribution in [3.05, 3.63) is 0 Å². The Kier molecular flexibility index (Phi) is 5.53. The molecule has 6 nitrogen and oxygen atoms in total. The van der Waals surface area contributed by atoms with E-state index in [1.807, 2.05) is 20.8 Å². The van der Waals surface area contributed by atoms with Crippen molar-refractivity contribution in [2.24, 2.45) is 5.41 Å². The highest BCUT2D eigenvalue weighted by atomic mass is 16.4. The average Bonchev–Trinajstić information content (AvgIpc) is 2.33. The largest absolute Gasteiger partial charge is 0.480 e. The van der Waals surface area contributed by atoms with Gasteiger partial charge in [0.2, 0.25) is 11.8 Å². The van der Waals surface area contributed by atoms with Gasteiger partial charge in [-0.25, -0.2) is 4.79 Å². The van der Waals surface area contributed by atoms with Gasteiger partial charge in [0.05, 0.1) is 6.54 Å². The Morgan fingerprint density at radius 2 is 1.90 bits per heavy atom. The normalized spacial score (nSPS) is 19.6. The van der Waals surface area contributed by atoms with Gasteiger partial charge in [-0.3, -0.25) is 9.59 Å². The fourth-order valence-electron chi connectivity index (χ4n) is 2.31. The van der Waals surface area contributed by atoms with E-state index in [-0.39, 0.29) is 23.8 Å². The number of carbonyl (C=O) groups excluding carboxylic acids is 2. The number of likely N-dealkylation sites (tertiary alicyclic amines) is 1. The first-order valence-corrected chi connectivity index (χ1v) is 7.00. The lowest BCUT2D eigenvalue weighted by Gasteiger charge is -2.33. The Bertz CT molecular complexity index is 387. The molecule has 6 heteroatoms. The van der Waals surface area contributed by atoms with Crippen LogP contribution >= 0.6 is 0 Å². The van der Waals surface area contributed by atoms with Crippen LogP contribution in [0.5, 0.6) is 0 Å². The summed E-state index contributed by atoms with van der Waals surface area (Å²) in [5.41, 5.74) is -0.137. The average molecular weight is 284 g/mol. The predicted molar refractivity (Wildman–Crippen MR) is 74.1 cm³/mol. The number of piperidine rings is 1. The summed E-state index contributed by atoms with van der Waals surface area (Å²) in [6.45, 7) is 6.15. The van der Waals surface area contributed by atoms with Gasteiger partial charge in [0.25, 0.3) is 0 Å². The second-order valence-corrected chi connectivity index (χ2v) is 6.45. The fraction of sp³-hybridized carbons (Fsp3) is 0.786. The van der Waals surface area contributed by atoms with Crippen molar-refractivity contribution in [3.8, 4) is 0 Å². The maximum absolute atomic E-state index is 12.0. The quantitative estimate of drug-likeness (QED) is 0.806. The predicted octanol–water partition coefficient (Wildman–Crippen LogP) is 1.00. The van der Waals surface area contributed by atoms with Crippen LogP contribution < -0.4 is 5.32 Å².